The Morgan fingerprint density at radius 1 is 1.27 bits per heavy atom. The lowest BCUT2D eigenvalue weighted by Crippen LogP contribution is -2.30. The molecule has 30 heavy (non-hydrogen) atoms. The number of carbonyl (C=O) groups excluding carboxylic acids is 2. The molecule has 156 valence electrons. The maximum Gasteiger partial charge on any atom is 0.272 e. The Balaban J connectivity index is 1.48. The largest absolute Gasteiger partial charge is 0.497 e. The number of nitrogens with one attached hydrogen (secondary N) is 1. The molecule has 1 fully saturated rings. The number of aromatic nitrogens is 4. The van der Waals surface area contributed by atoms with Gasteiger partial charge in [-0.25, -0.2) is 0 Å². The fourth-order valence-electron chi connectivity index (χ4n) is 3.70. The molecule has 0 spiro atoms. The van der Waals surface area contributed by atoms with Crippen molar-refractivity contribution in [3.63, 3.8) is 0 Å². The normalized spacial score (nSPS) is 16.0. The number of anilines is 1. The van der Waals surface area contributed by atoms with Crippen molar-refractivity contribution in [2.75, 3.05) is 25.5 Å². The second-order valence-electron chi connectivity index (χ2n) is 7.35. The Kier molecular flexibility index (Phi) is 5.26. The average Bonchev–Trinajstić information content (AvgIpc) is 3.46. The number of ether oxygens (including phenoxy) is 1. The van der Waals surface area contributed by atoms with Crippen LogP contribution in [-0.4, -0.2) is 56.5 Å². The molecule has 3 aromatic rings. The number of nitrogens with zero attached hydrogens (tertiary/aromatic N) is 5. The summed E-state index contributed by atoms with van der Waals surface area (Å²) in [4.78, 5) is 26.1. The molecular formula is C21H24N6O3. The number of aryl methyl sites for hydroxylation is 1. The second kappa shape index (κ2) is 8.02. The third-order valence-electron chi connectivity index (χ3n) is 5.21. The van der Waals surface area contributed by atoms with Crippen molar-refractivity contribution in [2.45, 2.75) is 19.4 Å². The molecule has 0 aliphatic carbocycles. The molecule has 0 saturated carbocycles. The summed E-state index contributed by atoms with van der Waals surface area (Å²) >= 11 is 0. The van der Waals surface area contributed by atoms with Gasteiger partial charge < -0.3 is 15.0 Å². The molecule has 1 N–H and O–H groups in total. The summed E-state index contributed by atoms with van der Waals surface area (Å²) in [5.41, 5.74) is 2.81. The molecule has 3 heterocycles. The van der Waals surface area contributed by atoms with Crippen LogP contribution >= 0.6 is 0 Å². The molecule has 1 saturated heterocycles. The molecule has 1 aliphatic heterocycles. The minimum atomic E-state index is -0.138. The molecule has 9 heteroatoms. The maximum absolute atomic E-state index is 13.1. The van der Waals surface area contributed by atoms with Crippen molar-refractivity contribution in [1.82, 2.24) is 24.5 Å². The van der Waals surface area contributed by atoms with Crippen LogP contribution in [0.25, 0.3) is 11.3 Å². The van der Waals surface area contributed by atoms with Crippen molar-refractivity contribution >= 4 is 17.5 Å². The highest BCUT2D eigenvalue weighted by Gasteiger charge is 2.30. The van der Waals surface area contributed by atoms with Crippen LogP contribution in [0.3, 0.4) is 0 Å². The molecule has 9 nitrogen and oxygen atoms in total. The lowest BCUT2D eigenvalue weighted by molar-refractivity contribution is -0.114. The number of methoxy groups -OCH3 is 1. The van der Waals surface area contributed by atoms with Gasteiger partial charge >= 0.3 is 0 Å². The zero-order valence-corrected chi connectivity index (χ0v) is 17.2. The Morgan fingerprint density at radius 2 is 2.10 bits per heavy atom. The van der Waals surface area contributed by atoms with E-state index in [1.807, 2.05) is 39.9 Å². The van der Waals surface area contributed by atoms with Gasteiger partial charge in [0.1, 0.15) is 11.4 Å². The minimum absolute atomic E-state index is 0.0594. The van der Waals surface area contributed by atoms with Crippen LogP contribution in [0, 0.1) is 0 Å². The fourth-order valence-corrected chi connectivity index (χ4v) is 3.70. The summed E-state index contributed by atoms with van der Waals surface area (Å²) in [7, 11) is 3.40. The first-order chi connectivity index (χ1) is 14.4. The lowest BCUT2D eigenvalue weighted by atomic mass is 10.1. The molecule has 0 radical (unpaired) electrons. The van der Waals surface area contributed by atoms with E-state index in [1.165, 1.54) is 6.92 Å². The number of rotatable bonds is 5. The monoisotopic (exact) mass is 408 g/mol. The van der Waals surface area contributed by atoms with E-state index in [0.29, 0.717) is 24.5 Å². The Morgan fingerprint density at radius 3 is 2.87 bits per heavy atom. The highest BCUT2D eigenvalue weighted by Crippen LogP contribution is 2.27. The molecule has 1 aliphatic rings. The van der Waals surface area contributed by atoms with E-state index >= 15 is 0 Å². The number of likely N-dealkylation sites (tertiary alicyclic amines) is 1. The van der Waals surface area contributed by atoms with Gasteiger partial charge in [0.15, 0.2) is 0 Å². The lowest BCUT2D eigenvalue weighted by Gasteiger charge is -2.16. The second-order valence-corrected chi connectivity index (χ2v) is 7.35. The van der Waals surface area contributed by atoms with E-state index in [9.17, 15) is 9.59 Å². The molecular weight excluding hydrogens is 384 g/mol. The van der Waals surface area contributed by atoms with Gasteiger partial charge in [-0.05, 0) is 24.6 Å². The van der Waals surface area contributed by atoms with Gasteiger partial charge in [0.25, 0.3) is 5.91 Å². The summed E-state index contributed by atoms with van der Waals surface area (Å²) in [6.07, 6.45) is 4.21. The van der Waals surface area contributed by atoms with Gasteiger partial charge in [-0.1, -0.05) is 12.1 Å². The molecule has 1 atom stereocenters. The Bertz CT molecular complexity index is 1090. The molecule has 2 amide bonds. The van der Waals surface area contributed by atoms with Crippen LogP contribution in [0.2, 0.25) is 0 Å². The number of hydrogen-bond acceptors (Lipinski definition) is 5. The van der Waals surface area contributed by atoms with Crippen molar-refractivity contribution in [3.05, 3.63) is 48.4 Å². The van der Waals surface area contributed by atoms with Crippen molar-refractivity contribution in [2.24, 2.45) is 7.05 Å². The van der Waals surface area contributed by atoms with E-state index in [4.69, 9.17) is 4.74 Å². The summed E-state index contributed by atoms with van der Waals surface area (Å²) in [5, 5.41) is 11.6. The van der Waals surface area contributed by atoms with E-state index in [0.717, 1.165) is 23.4 Å². The first-order valence-corrected chi connectivity index (χ1v) is 9.74. The fraction of sp³-hybridized carbons (Fsp3) is 0.333. The third kappa shape index (κ3) is 3.91. The topological polar surface area (TPSA) is 94.3 Å². The predicted octanol–water partition coefficient (Wildman–Crippen LogP) is 2.34. The van der Waals surface area contributed by atoms with Gasteiger partial charge in [-0.2, -0.15) is 10.2 Å². The highest BCUT2D eigenvalue weighted by atomic mass is 16.5. The van der Waals surface area contributed by atoms with Gasteiger partial charge in [-0.3, -0.25) is 19.0 Å². The summed E-state index contributed by atoms with van der Waals surface area (Å²) in [5.74, 6) is 0.544. The molecule has 1 unspecified atom stereocenters. The summed E-state index contributed by atoms with van der Waals surface area (Å²) in [6, 6.07) is 9.49. The SMILES string of the molecule is COc1cccc(-c2cc(C(=O)N3CCC(n4cc(NC(C)=O)cn4)C3)n(C)n2)c1. The molecule has 1 aromatic carbocycles. The van der Waals surface area contributed by atoms with Crippen LogP contribution in [-0.2, 0) is 11.8 Å². The van der Waals surface area contributed by atoms with Crippen LogP contribution in [0.4, 0.5) is 5.69 Å². The van der Waals surface area contributed by atoms with E-state index in [2.05, 4.69) is 15.5 Å². The van der Waals surface area contributed by atoms with E-state index in [-0.39, 0.29) is 17.9 Å². The molecule has 2 aromatic heterocycles. The quantitative estimate of drug-likeness (QED) is 0.699. The Hall–Kier alpha value is -3.62. The minimum Gasteiger partial charge on any atom is -0.497 e. The van der Waals surface area contributed by atoms with Crippen LogP contribution < -0.4 is 10.1 Å². The van der Waals surface area contributed by atoms with E-state index < -0.39 is 0 Å². The summed E-state index contributed by atoms with van der Waals surface area (Å²) in [6.45, 7) is 2.65. The van der Waals surface area contributed by atoms with Crippen LogP contribution in [0.5, 0.6) is 5.75 Å². The standard InChI is InChI=1S/C21H24N6O3/c1-14(28)23-16-11-22-27(12-16)17-7-8-26(13-17)21(29)20-10-19(24-25(20)2)15-5-4-6-18(9-15)30-3/h4-6,9-12,17H,7-8,13H2,1-3H3,(H,23,28). The first kappa shape index (κ1) is 19.7. The number of benzene rings is 1. The predicted molar refractivity (Wildman–Crippen MR) is 111 cm³/mol. The van der Waals surface area contributed by atoms with Gasteiger partial charge in [-0.15, -0.1) is 0 Å². The highest BCUT2D eigenvalue weighted by molar-refractivity contribution is 5.94. The molecule has 4 rings (SSSR count). The number of carbonyl (C=O) groups is 2. The van der Waals surface area contributed by atoms with Gasteiger partial charge in [0.2, 0.25) is 5.91 Å². The first-order valence-electron chi connectivity index (χ1n) is 9.74. The maximum atomic E-state index is 13.1. The van der Waals surface area contributed by atoms with Crippen molar-refractivity contribution in [3.8, 4) is 17.0 Å². The van der Waals surface area contributed by atoms with Gasteiger partial charge in [0.05, 0.1) is 30.7 Å². The number of hydrogen-bond donors (Lipinski definition) is 1. The van der Waals surface area contributed by atoms with Crippen molar-refractivity contribution < 1.29 is 14.3 Å². The van der Waals surface area contributed by atoms with Crippen LogP contribution in [0.1, 0.15) is 29.9 Å². The number of amides is 2. The zero-order chi connectivity index (χ0) is 21.3. The molecule has 0 bridgehead atoms. The third-order valence-corrected chi connectivity index (χ3v) is 5.21. The van der Waals surface area contributed by atoms with Crippen LogP contribution in [0.15, 0.2) is 42.7 Å². The van der Waals surface area contributed by atoms with Crippen molar-refractivity contribution in [1.29, 1.82) is 0 Å². The van der Waals surface area contributed by atoms with E-state index in [1.54, 1.807) is 31.2 Å². The zero-order valence-electron chi connectivity index (χ0n) is 17.2. The Labute approximate surface area is 174 Å². The smallest absolute Gasteiger partial charge is 0.272 e. The summed E-state index contributed by atoms with van der Waals surface area (Å²) < 4.78 is 8.71. The van der Waals surface area contributed by atoms with Gasteiger partial charge in [0, 0.05) is 38.8 Å². The average molecular weight is 408 g/mol.